The summed E-state index contributed by atoms with van der Waals surface area (Å²) < 4.78 is 14.8. The highest BCUT2D eigenvalue weighted by Gasteiger charge is 2.17. The second-order valence-corrected chi connectivity index (χ2v) is 6.66. The maximum Gasteiger partial charge on any atom is 0.276 e. The van der Waals surface area contributed by atoms with Crippen LogP contribution in [0.1, 0.15) is 34.7 Å². The van der Waals surface area contributed by atoms with Crippen molar-refractivity contribution in [2.75, 3.05) is 18.4 Å². The van der Waals surface area contributed by atoms with Crippen molar-refractivity contribution < 1.29 is 14.0 Å². The van der Waals surface area contributed by atoms with Crippen LogP contribution in [0.5, 0.6) is 0 Å². The van der Waals surface area contributed by atoms with Gasteiger partial charge in [0.1, 0.15) is 5.82 Å². The maximum absolute atomic E-state index is 13.4. The zero-order valence-electron chi connectivity index (χ0n) is 16.0. The van der Waals surface area contributed by atoms with E-state index in [4.69, 9.17) is 11.6 Å². The van der Waals surface area contributed by atoms with Gasteiger partial charge in [-0.25, -0.2) is 9.07 Å². The molecule has 0 aliphatic rings. The zero-order chi connectivity index (χ0) is 21.0. The molecule has 0 saturated heterocycles. The Balaban J connectivity index is 1.74. The Morgan fingerprint density at radius 2 is 1.90 bits per heavy atom. The molecule has 150 valence electrons. The molecule has 8 heteroatoms. The molecule has 2 aromatic carbocycles. The van der Waals surface area contributed by atoms with Gasteiger partial charge in [0.05, 0.1) is 16.3 Å². The molecule has 29 heavy (non-hydrogen) atoms. The highest BCUT2D eigenvalue weighted by atomic mass is 35.5. The standard InChI is InChI=1S/C21H20ClFN4O2/c1-3-26(4-2)21(29)17-9-8-15(13-18(17)22)24-20(28)19-10-11-27(25-19)16-7-5-6-14(23)12-16/h5-13H,3-4H2,1-2H3,(H,24,28). The second kappa shape index (κ2) is 8.87. The van der Waals surface area contributed by atoms with Crippen LogP contribution in [0.15, 0.2) is 54.7 Å². The van der Waals surface area contributed by atoms with Gasteiger partial charge in [-0.3, -0.25) is 9.59 Å². The number of benzene rings is 2. The summed E-state index contributed by atoms with van der Waals surface area (Å²) in [6.45, 7) is 4.95. The Hall–Kier alpha value is -3.19. The molecule has 2 amide bonds. The SMILES string of the molecule is CCN(CC)C(=O)c1ccc(NC(=O)c2ccn(-c3cccc(F)c3)n2)cc1Cl. The minimum Gasteiger partial charge on any atom is -0.339 e. The normalized spacial score (nSPS) is 10.6. The molecule has 0 spiro atoms. The molecule has 1 heterocycles. The molecular weight excluding hydrogens is 395 g/mol. The van der Waals surface area contributed by atoms with Crippen molar-refractivity contribution in [2.24, 2.45) is 0 Å². The van der Waals surface area contributed by atoms with Crippen LogP contribution in [-0.2, 0) is 0 Å². The summed E-state index contributed by atoms with van der Waals surface area (Å²) in [5.41, 5.74) is 1.49. The zero-order valence-corrected chi connectivity index (χ0v) is 16.8. The number of carbonyl (C=O) groups excluding carboxylic acids is 2. The summed E-state index contributed by atoms with van der Waals surface area (Å²) in [6.07, 6.45) is 1.57. The molecule has 6 nitrogen and oxygen atoms in total. The monoisotopic (exact) mass is 414 g/mol. The highest BCUT2D eigenvalue weighted by molar-refractivity contribution is 6.34. The summed E-state index contributed by atoms with van der Waals surface area (Å²) in [5, 5.41) is 7.13. The third kappa shape index (κ3) is 4.63. The Morgan fingerprint density at radius 1 is 1.14 bits per heavy atom. The Labute approximate surface area is 172 Å². The molecule has 0 fully saturated rings. The van der Waals surface area contributed by atoms with Crippen LogP contribution in [0.2, 0.25) is 5.02 Å². The topological polar surface area (TPSA) is 67.2 Å². The number of nitrogens with one attached hydrogen (secondary N) is 1. The molecule has 0 aliphatic carbocycles. The van der Waals surface area contributed by atoms with Crippen LogP contribution in [0.4, 0.5) is 10.1 Å². The lowest BCUT2D eigenvalue weighted by molar-refractivity contribution is 0.0773. The fourth-order valence-electron chi connectivity index (χ4n) is 2.85. The fourth-order valence-corrected chi connectivity index (χ4v) is 3.11. The Kier molecular flexibility index (Phi) is 6.29. The highest BCUT2D eigenvalue weighted by Crippen LogP contribution is 2.23. The summed E-state index contributed by atoms with van der Waals surface area (Å²) in [5.74, 6) is -0.997. The quantitative estimate of drug-likeness (QED) is 0.650. The first-order chi connectivity index (χ1) is 13.9. The van der Waals surface area contributed by atoms with Gasteiger partial charge < -0.3 is 10.2 Å². The molecule has 0 bridgehead atoms. The summed E-state index contributed by atoms with van der Waals surface area (Å²) in [4.78, 5) is 26.6. The Bertz CT molecular complexity index is 1050. The van der Waals surface area contributed by atoms with E-state index in [0.717, 1.165) is 0 Å². The molecule has 0 unspecified atom stereocenters. The van der Waals surface area contributed by atoms with Gasteiger partial charge in [-0.2, -0.15) is 5.10 Å². The Morgan fingerprint density at radius 3 is 2.55 bits per heavy atom. The maximum atomic E-state index is 13.4. The molecule has 0 radical (unpaired) electrons. The van der Waals surface area contributed by atoms with E-state index in [-0.39, 0.29) is 16.6 Å². The molecule has 3 aromatic rings. The van der Waals surface area contributed by atoms with E-state index in [1.165, 1.54) is 28.9 Å². The number of carbonyl (C=O) groups is 2. The van der Waals surface area contributed by atoms with Crippen LogP contribution in [0.3, 0.4) is 0 Å². The van der Waals surface area contributed by atoms with Gasteiger partial charge in [-0.15, -0.1) is 0 Å². The van der Waals surface area contributed by atoms with Crippen LogP contribution >= 0.6 is 11.6 Å². The van der Waals surface area contributed by atoms with E-state index >= 15 is 0 Å². The van der Waals surface area contributed by atoms with Crippen LogP contribution < -0.4 is 5.32 Å². The lowest BCUT2D eigenvalue weighted by atomic mass is 10.1. The average molecular weight is 415 g/mol. The van der Waals surface area contributed by atoms with E-state index in [1.54, 1.807) is 35.4 Å². The first-order valence-corrected chi connectivity index (χ1v) is 9.52. The van der Waals surface area contributed by atoms with E-state index in [9.17, 15) is 14.0 Å². The molecule has 0 atom stereocenters. The molecule has 1 N–H and O–H groups in total. The van der Waals surface area contributed by atoms with Crippen molar-refractivity contribution >= 4 is 29.1 Å². The van der Waals surface area contributed by atoms with Crippen LogP contribution in [0, 0.1) is 5.82 Å². The number of amides is 2. The number of rotatable bonds is 6. The summed E-state index contributed by atoms with van der Waals surface area (Å²) >= 11 is 6.26. The second-order valence-electron chi connectivity index (χ2n) is 6.25. The van der Waals surface area contributed by atoms with E-state index < -0.39 is 11.7 Å². The summed E-state index contributed by atoms with van der Waals surface area (Å²) in [7, 11) is 0. The van der Waals surface area contributed by atoms with Crippen molar-refractivity contribution in [3.05, 3.63) is 76.8 Å². The van der Waals surface area contributed by atoms with Gasteiger partial charge in [-0.05, 0) is 56.3 Å². The average Bonchev–Trinajstić information content (AvgIpc) is 3.19. The van der Waals surface area contributed by atoms with Crippen molar-refractivity contribution in [3.63, 3.8) is 0 Å². The first-order valence-electron chi connectivity index (χ1n) is 9.14. The number of hydrogen-bond acceptors (Lipinski definition) is 3. The van der Waals surface area contributed by atoms with Gasteiger partial charge in [0.25, 0.3) is 11.8 Å². The lowest BCUT2D eigenvalue weighted by Gasteiger charge is -2.19. The third-order valence-electron chi connectivity index (χ3n) is 4.40. The first kappa shape index (κ1) is 20.5. The van der Waals surface area contributed by atoms with E-state index in [0.29, 0.717) is 30.0 Å². The smallest absolute Gasteiger partial charge is 0.276 e. The minimum atomic E-state index is -0.445. The van der Waals surface area contributed by atoms with E-state index in [1.807, 2.05) is 13.8 Å². The van der Waals surface area contributed by atoms with Gasteiger partial charge in [0.2, 0.25) is 0 Å². The van der Waals surface area contributed by atoms with Crippen molar-refractivity contribution in [1.82, 2.24) is 14.7 Å². The molecular formula is C21H20ClFN4O2. The number of halogens is 2. The van der Waals surface area contributed by atoms with Gasteiger partial charge in [-0.1, -0.05) is 17.7 Å². The minimum absolute atomic E-state index is 0.160. The van der Waals surface area contributed by atoms with Crippen molar-refractivity contribution in [1.29, 1.82) is 0 Å². The van der Waals surface area contributed by atoms with Crippen molar-refractivity contribution in [3.8, 4) is 5.69 Å². The van der Waals surface area contributed by atoms with Crippen LogP contribution in [0.25, 0.3) is 5.69 Å². The fraction of sp³-hybridized carbons (Fsp3) is 0.190. The van der Waals surface area contributed by atoms with Gasteiger partial charge >= 0.3 is 0 Å². The predicted octanol–water partition coefficient (Wildman–Crippen LogP) is 4.40. The number of nitrogens with zero attached hydrogens (tertiary/aromatic N) is 3. The molecule has 0 saturated carbocycles. The van der Waals surface area contributed by atoms with Crippen molar-refractivity contribution in [2.45, 2.75) is 13.8 Å². The molecule has 3 rings (SSSR count). The number of anilines is 1. The largest absolute Gasteiger partial charge is 0.339 e. The van der Waals surface area contributed by atoms with E-state index in [2.05, 4.69) is 10.4 Å². The number of hydrogen-bond donors (Lipinski definition) is 1. The van der Waals surface area contributed by atoms with Gasteiger partial charge in [0.15, 0.2) is 5.69 Å². The number of aromatic nitrogens is 2. The molecule has 1 aromatic heterocycles. The molecule has 0 aliphatic heterocycles. The predicted molar refractivity (Wildman–Crippen MR) is 110 cm³/mol. The van der Waals surface area contributed by atoms with Crippen LogP contribution in [-0.4, -0.2) is 39.6 Å². The summed E-state index contributed by atoms with van der Waals surface area (Å²) in [6, 6.07) is 12.2. The lowest BCUT2D eigenvalue weighted by Crippen LogP contribution is -2.30. The third-order valence-corrected chi connectivity index (χ3v) is 4.72. The van der Waals surface area contributed by atoms with Gasteiger partial charge in [0, 0.05) is 25.0 Å².